The number of fused-ring (bicyclic) bond motifs is 1. The van der Waals surface area contributed by atoms with E-state index in [0.717, 1.165) is 6.42 Å². The SMILES string of the molecule is Cc1cc(C)c([C@@H]2COC(C)CC(C)O2)c(C2C=Cc3ccccc3N2)c1. The third-order valence-corrected chi connectivity index (χ3v) is 5.55. The van der Waals surface area contributed by atoms with E-state index in [1.807, 2.05) is 0 Å². The van der Waals surface area contributed by atoms with Gasteiger partial charge >= 0.3 is 0 Å². The van der Waals surface area contributed by atoms with Gasteiger partial charge < -0.3 is 14.8 Å². The van der Waals surface area contributed by atoms with E-state index < -0.39 is 0 Å². The van der Waals surface area contributed by atoms with Crippen molar-refractivity contribution in [3.63, 3.8) is 0 Å². The second kappa shape index (κ2) is 7.49. The van der Waals surface area contributed by atoms with E-state index in [1.165, 1.54) is 33.5 Å². The molecule has 4 rings (SSSR count). The first-order chi connectivity index (χ1) is 13.0. The number of benzene rings is 2. The topological polar surface area (TPSA) is 30.5 Å². The standard InChI is InChI=1S/C24H29NO2/c1-15-11-16(2)24(23-14-26-17(3)13-18(4)27-23)20(12-15)22-10-9-19-7-5-6-8-21(19)25-22/h5-12,17-18,22-23,25H,13-14H2,1-4H3/t17?,18?,22?,23-/m0/s1. The zero-order chi connectivity index (χ0) is 19.0. The van der Waals surface area contributed by atoms with Crippen molar-refractivity contribution in [1.29, 1.82) is 0 Å². The fraction of sp³-hybridized carbons (Fsp3) is 0.417. The van der Waals surface area contributed by atoms with Crippen LogP contribution in [0, 0.1) is 13.8 Å². The minimum absolute atomic E-state index is 0.0343. The Labute approximate surface area is 162 Å². The van der Waals surface area contributed by atoms with E-state index in [0.29, 0.717) is 6.61 Å². The molecule has 0 aromatic heterocycles. The van der Waals surface area contributed by atoms with E-state index in [2.05, 4.69) is 81.6 Å². The zero-order valence-electron chi connectivity index (χ0n) is 16.7. The Morgan fingerprint density at radius 3 is 2.70 bits per heavy atom. The minimum Gasteiger partial charge on any atom is -0.375 e. The van der Waals surface area contributed by atoms with Gasteiger partial charge in [0, 0.05) is 5.69 Å². The predicted molar refractivity (Wildman–Crippen MR) is 111 cm³/mol. The first-order valence-corrected chi connectivity index (χ1v) is 9.93. The summed E-state index contributed by atoms with van der Waals surface area (Å²) in [5, 5.41) is 3.70. The number of hydrogen-bond donors (Lipinski definition) is 1. The number of rotatable bonds is 2. The maximum Gasteiger partial charge on any atom is 0.107 e. The molecule has 1 fully saturated rings. The van der Waals surface area contributed by atoms with Crippen molar-refractivity contribution in [2.45, 2.75) is 58.5 Å². The van der Waals surface area contributed by atoms with Gasteiger partial charge in [0.25, 0.3) is 0 Å². The lowest BCUT2D eigenvalue weighted by molar-refractivity contribution is -0.0169. The Kier molecular flexibility index (Phi) is 5.07. The summed E-state index contributed by atoms with van der Waals surface area (Å²) < 4.78 is 12.5. The Hall–Kier alpha value is -2.10. The van der Waals surface area contributed by atoms with Crippen molar-refractivity contribution in [1.82, 2.24) is 0 Å². The van der Waals surface area contributed by atoms with E-state index in [4.69, 9.17) is 9.47 Å². The summed E-state index contributed by atoms with van der Waals surface area (Å²) in [5.41, 5.74) is 7.51. The molecule has 1 N–H and O–H groups in total. The molecule has 0 radical (unpaired) electrons. The highest BCUT2D eigenvalue weighted by Crippen LogP contribution is 2.38. The quantitative estimate of drug-likeness (QED) is 0.738. The van der Waals surface area contributed by atoms with Gasteiger partial charge in [-0.25, -0.2) is 0 Å². The van der Waals surface area contributed by atoms with Crippen LogP contribution in [0.15, 0.2) is 42.5 Å². The van der Waals surface area contributed by atoms with Crippen LogP contribution >= 0.6 is 0 Å². The third kappa shape index (κ3) is 3.80. The molecule has 3 nitrogen and oxygen atoms in total. The Morgan fingerprint density at radius 1 is 1.04 bits per heavy atom. The maximum atomic E-state index is 6.41. The fourth-order valence-electron chi connectivity index (χ4n) is 4.39. The lowest BCUT2D eigenvalue weighted by Gasteiger charge is -2.29. The van der Waals surface area contributed by atoms with Crippen LogP contribution in [-0.4, -0.2) is 18.8 Å². The molecule has 0 amide bonds. The molecule has 2 aliphatic heterocycles. The Balaban J connectivity index is 1.73. The molecule has 2 heterocycles. The molecule has 4 atom stereocenters. The minimum atomic E-state index is -0.0343. The number of nitrogens with one attached hydrogen (secondary N) is 1. The van der Waals surface area contributed by atoms with Crippen LogP contribution in [0.1, 0.15) is 60.2 Å². The van der Waals surface area contributed by atoms with Crippen molar-refractivity contribution < 1.29 is 9.47 Å². The summed E-state index contributed by atoms with van der Waals surface area (Å²) in [6.45, 7) is 9.24. The van der Waals surface area contributed by atoms with Gasteiger partial charge in [-0.1, -0.05) is 48.0 Å². The molecule has 2 aromatic carbocycles. The zero-order valence-corrected chi connectivity index (χ0v) is 16.7. The summed E-state index contributed by atoms with van der Waals surface area (Å²) in [6.07, 6.45) is 5.80. The second-order valence-electron chi connectivity index (χ2n) is 7.97. The predicted octanol–water partition coefficient (Wildman–Crippen LogP) is 5.74. The lowest BCUT2D eigenvalue weighted by Crippen LogP contribution is -2.20. The summed E-state index contributed by atoms with van der Waals surface area (Å²) in [6, 6.07) is 13.1. The fourth-order valence-corrected chi connectivity index (χ4v) is 4.39. The monoisotopic (exact) mass is 363 g/mol. The van der Waals surface area contributed by atoms with Gasteiger partial charge in [0.05, 0.1) is 24.9 Å². The smallest absolute Gasteiger partial charge is 0.107 e. The molecule has 0 bridgehead atoms. The molecule has 142 valence electrons. The van der Waals surface area contributed by atoms with E-state index in [9.17, 15) is 0 Å². The molecule has 1 saturated heterocycles. The molecular weight excluding hydrogens is 334 g/mol. The number of ether oxygens (including phenoxy) is 2. The lowest BCUT2D eigenvalue weighted by atomic mass is 9.89. The number of hydrogen-bond acceptors (Lipinski definition) is 3. The molecular formula is C24H29NO2. The number of aryl methyl sites for hydroxylation is 2. The molecule has 3 heteroatoms. The van der Waals surface area contributed by atoms with E-state index >= 15 is 0 Å². The Morgan fingerprint density at radius 2 is 1.85 bits per heavy atom. The third-order valence-electron chi connectivity index (χ3n) is 5.55. The molecule has 0 spiro atoms. The van der Waals surface area contributed by atoms with Gasteiger partial charge in [0.2, 0.25) is 0 Å². The van der Waals surface area contributed by atoms with E-state index in [-0.39, 0.29) is 24.4 Å². The Bertz CT molecular complexity index is 857. The van der Waals surface area contributed by atoms with Gasteiger partial charge in [-0.15, -0.1) is 0 Å². The molecule has 2 aliphatic rings. The van der Waals surface area contributed by atoms with Crippen molar-refractivity contribution in [3.05, 3.63) is 70.3 Å². The van der Waals surface area contributed by atoms with Crippen LogP contribution in [-0.2, 0) is 9.47 Å². The van der Waals surface area contributed by atoms with Crippen LogP contribution in [0.25, 0.3) is 6.08 Å². The molecule has 2 aromatic rings. The number of anilines is 1. The molecule has 0 aliphatic carbocycles. The summed E-state index contributed by atoms with van der Waals surface area (Å²) >= 11 is 0. The average Bonchev–Trinajstić information content (AvgIpc) is 2.80. The van der Waals surface area contributed by atoms with Gasteiger partial charge in [0.1, 0.15) is 6.10 Å². The van der Waals surface area contributed by atoms with Crippen molar-refractivity contribution in [2.75, 3.05) is 11.9 Å². The highest BCUT2D eigenvalue weighted by Gasteiger charge is 2.29. The van der Waals surface area contributed by atoms with Gasteiger partial charge in [-0.2, -0.15) is 0 Å². The van der Waals surface area contributed by atoms with Crippen LogP contribution in [0.3, 0.4) is 0 Å². The largest absolute Gasteiger partial charge is 0.375 e. The van der Waals surface area contributed by atoms with Gasteiger partial charge in [-0.05, 0) is 62.4 Å². The molecule has 0 saturated carbocycles. The normalized spacial score (nSPS) is 27.6. The highest BCUT2D eigenvalue weighted by molar-refractivity contribution is 5.71. The van der Waals surface area contributed by atoms with Crippen LogP contribution < -0.4 is 5.32 Å². The first kappa shape index (κ1) is 18.3. The van der Waals surface area contributed by atoms with Gasteiger partial charge in [0.15, 0.2) is 0 Å². The summed E-state index contributed by atoms with van der Waals surface area (Å²) in [4.78, 5) is 0. The highest BCUT2D eigenvalue weighted by atomic mass is 16.6. The van der Waals surface area contributed by atoms with E-state index in [1.54, 1.807) is 0 Å². The molecule has 3 unspecified atom stereocenters. The van der Waals surface area contributed by atoms with Crippen LogP contribution in [0.5, 0.6) is 0 Å². The molecule has 27 heavy (non-hydrogen) atoms. The summed E-state index contributed by atoms with van der Waals surface area (Å²) in [5.74, 6) is 0. The summed E-state index contributed by atoms with van der Waals surface area (Å²) in [7, 11) is 0. The number of para-hydroxylation sites is 1. The average molecular weight is 364 g/mol. The van der Waals surface area contributed by atoms with Gasteiger partial charge in [-0.3, -0.25) is 0 Å². The second-order valence-corrected chi connectivity index (χ2v) is 7.97. The van der Waals surface area contributed by atoms with Crippen LogP contribution in [0.2, 0.25) is 0 Å². The van der Waals surface area contributed by atoms with Crippen LogP contribution in [0.4, 0.5) is 5.69 Å². The first-order valence-electron chi connectivity index (χ1n) is 9.93. The van der Waals surface area contributed by atoms with Crippen molar-refractivity contribution >= 4 is 11.8 Å². The maximum absolute atomic E-state index is 6.41. The van der Waals surface area contributed by atoms with Crippen molar-refractivity contribution in [2.24, 2.45) is 0 Å². The van der Waals surface area contributed by atoms with Crippen molar-refractivity contribution in [3.8, 4) is 0 Å².